The van der Waals surface area contributed by atoms with Crippen molar-refractivity contribution in [3.8, 4) is 17.6 Å². The van der Waals surface area contributed by atoms with Gasteiger partial charge in [0.2, 0.25) is 0 Å². The van der Waals surface area contributed by atoms with Gasteiger partial charge in [-0.15, -0.1) is 0 Å². The maximum absolute atomic E-state index is 8.95. The van der Waals surface area contributed by atoms with Crippen molar-refractivity contribution in [3.05, 3.63) is 42.4 Å². The summed E-state index contributed by atoms with van der Waals surface area (Å²) in [5.41, 5.74) is 2.08. The standard InChI is InChI=1S/C13H10N6.C5H11N/c1-15-11-4-5-16-13(18-11)10-7-17-12-3-2-9(6-14)8-19(10)12;1-2-4-6-5-3-1/h2-5,7-8H,1H3,(H,15,16,18);6H,1-5H2. The summed E-state index contributed by atoms with van der Waals surface area (Å²) in [6, 6.07) is 7.42. The molecule has 3 aromatic heterocycles. The van der Waals surface area contributed by atoms with Crippen molar-refractivity contribution in [2.75, 3.05) is 25.5 Å². The van der Waals surface area contributed by atoms with Gasteiger partial charge in [-0.05, 0) is 44.1 Å². The molecule has 1 aliphatic rings. The molecule has 0 bridgehead atoms. The smallest absolute Gasteiger partial charge is 0.180 e. The zero-order valence-electron chi connectivity index (χ0n) is 14.2. The van der Waals surface area contributed by atoms with Gasteiger partial charge in [0, 0.05) is 19.4 Å². The molecule has 0 aromatic carbocycles. The minimum Gasteiger partial charge on any atom is -0.373 e. The molecule has 4 rings (SSSR count). The first-order valence-electron chi connectivity index (χ1n) is 8.41. The Hall–Kier alpha value is -2.98. The maximum atomic E-state index is 8.95. The van der Waals surface area contributed by atoms with Crippen LogP contribution in [0.4, 0.5) is 5.82 Å². The second-order valence-electron chi connectivity index (χ2n) is 5.73. The lowest BCUT2D eigenvalue weighted by atomic mass is 10.2. The molecule has 4 heterocycles. The first kappa shape index (κ1) is 16.9. The topological polar surface area (TPSA) is 90.9 Å². The molecule has 1 aliphatic heterocycles. The average Bonchev–Trinajstić information content (AvgIpc) is 3.13. The highest BCUT2D eigenvalue weighted by Gasteiger charge is 2.09. The molecule has 1 fully saturated rings. The lowest BCUT2D eigenvalue weighted by Crippen LogP contribution is -2.21. The van der Waals surface area contributed by atoms with E-state index in [1.165, 1.54) is 32.4 Å². The van der Waals surface area contributed by atoms with Crippen LogP contribution < -0.4 is 10.6 Å². The number of hydrogen-bond donors (Lipinski definition) is 2. The normalized spacial score (nSPS) is 13.6. The van der Waals surface area contributed by atoms with Gasteiger partial charge >= 0.3 is 0 Å². The number of imidazole rings is 1. The van der Waals surface area contributed by atoms with E-state index < -0.39 is 0 Å². The van der Waals surface area contributed by atoms with E-state index in [0.717, 1.165) is 17.2 Å². The second-order valence-corrected chi connectivity index (χ2v) is 5.73. The van der Waals surface area contributed by atoms with E-state index in [0.29, 0.717) is 11.4 Å². The van der Waals surface area contributed by atoms with Gasteiger partial charge in [0.25, 0.3) is 0 Å². The van der Waals surface area contributed by atoms with Crippen LogP contribution in [0, 0.1) is 11.3 Å². The molecule has 25 heavy (non-hydrogen) atoms. The van der Waals surface area contributed by atoms with Crippen molar-refractivity contribution in [3.63, 3.8) is 0 Å². The van der Waals surface area contributed by atoms with Crippen molar-refractivity contribution in [2.45, 2.75) is 19.3 Å². The molecule has 0 amide bonds. The van der Waals surface area contributed by atoms with E-state index in [-0.39, 0.29) is 0 Å². The maximum Gasteiger partial charge on any atom is 0.180 e. The van der Waals surface area contributed by atoms with Gasteiger partial charge in [0.05, 0.1) is 11.8 Å². The lowest BCUT2D eigenvalue weighted by Gasteiger charge is -2.08. The SMILES string of the molecule is C1CCNCC1.CNc1ccnc(-c2cnc3ccc(C#N)cn23)n1. The first-order chi connectivity index (χ1) is 12.3. The van der Waals surface area contributed by atoms with E-state index in [1.54, 1.807) is 43.8 Å². The third-order valence-electron chi connectivity index (χ3n) is 3.98. The number of aromatic nitrogens is 4. The van der Waals surface area contributed by atoms with Gasteiger partial charge < -0.3 is 10.6 Å². The van der Waals surface area contributed by atoms with Crippen LogP contribution in [-0.4, -0.2) is 39.5 Å². The Bertz CT molecular complexity index is 863. The Morgan fingerprint density at radius 1 is 1.16 bits per heavy atom. The van der Waals surface area contributed by atoms with Crippen LogP contribution in [0.15, 0.2) is 36.8 Å². The molecule has 0 unspecified atom stereocenters. The number of pyridine rings is 1. The molecule has 0 saturated carbocycles. The zero-order valence-corrected chi connectivity index (χ0v) is 14.2. The molecule has 0 radical (unpaired) electrons. The first-order valence-corrected chi connectivity index (χ1v) is 8.41. The fourth-order valence-electron chi connectivity index (χ4n) is 2.64. The quantitative estimate of drug-likeness (QED) is 0.747. The van der Waals surface area contributed by atoms with Gasteiger partial charge in [-0.1, -0.05) is 6.42 Å². The van der Waals surface area contributed by atoms with Crippen molar-refractivity contribution < 1.29 is 0 Å². The number of piperidine rings is 1. The number of hydrogen-bond acceptors (Lipinski definition) is 6. The second kappa shape index (κ2) is 8.22. The van der Waals surface area contributed by atoms with Gasteiger partial charge in [0.15, 0.2) is 5.82 Å². The van der Waals surface area contributed by atoms with Crippen molar-refractivity contribution >= 4 is 11.5 Å². The van der Waals surface area contributed by atoms with Gasteiger partial charge in [-0.25, -0.2) is 15.0 Å². The summed E-state index contributed by atoms with van der Waals surface area (Å²) in [7, 11) is 1.80. The molecule has 0 aliphatic carbocycles. The highest BCUT2D eigenvalue weighted by atomic mass is 15.1. The van der Waals surface area contributed by atoms with Crippen LogP contribution in [0.5, 0.6) is 0 Å². The molecule has 0 spiro atoms. The summed E-state index contributed by atoms with van der Waals surface area (Å²) in [6.07, 6.45) is 9.33. The molecular weight excluding hydrogens is 314 g/mol. The summed E-state index contributed by atoms with van der Waals surface area (Å²) in [5, 5.41) is 15.2. The number of nitriles is 1. The van der Waals surface area contributed by atoms with Crippen LogP contribution in [0.3, 0.4) is 0 Å². The van der Waals surface area contributed by atoms with Crippen molar-refractivity contribution in [1.82, 2.24) is 24.7 Å². The Morgan fingerprint density at radius 2 is 2.00 bits per heavy atom. The zero-order chi connectivity index (χ0) is 17.5. The molecule has 1 saturated heterocycles. The predicted molar refractivity (Wildman–Crippen MR) is 97.2 cm³/mol. The Morgan fingerprint density at radius 3 is 2.64 bits per heavy atom. The van der Waals surface area contributed by atoms with E-state index in [9.17, 15) is 0 Å². The fraction of sp³-hybridized carbons (Fsp3) is 0.333. The fourth-order valence-corrected chi connectivity index (χ4v) is 2.64. The molecule has 128 valence electrons. The summed E-state index contributed by atoms with van der Waals surface area (Å²) >= 11 is 0. The summed E-state index contributed by atoms with van der Waals surface area (Å²) in [4.78, 5) is 12.9. The number of nitrogens with one attached hydrogen (secondary N) is 2. The van der Waals surface area contributed by atoms with Crippen molar-refractivity contribution in [2.24, 2.45) is 0 Å². The monoisotopic (exact) mass is 335 g/mol. The van der Waals surface area contributed by atoms with E-state index in [4.69, 9.17) is 5.26 Å². The van der Waals surface area contributed by atoms with Crippen LogP contribution in [0.25, 0.3) is 17.2 Å². The molecular formula is C18H21N7. The van der Waals surface area contributed by atoms with E-state index in [1.807, 2.05) is 4.40 Å². The Balaban J connectivity index is 0.000000258. The Labute approximate surface area is 146 Å². The Kier molecular flexibility index (Phi) is 5.54. The number of nitrogens with zero attached hydrogens (tertiary/aromatic N) is 5. The third kappa shape index (κ3) is 4.11. The van der Waals surface area contributed by atoms with Crippen LogP contribution >= 0.6 is 0 Å². The van der Waals surface area contributed by atoms with E-state index >= 15 is 0 Å². The van der Waals surface area contributed by atoms with Crippen LogP contribution in [0.1, 0.15) is 24.8 Å². The largest absolute Gasteiger partial charge is 0.373 e. The molecule has 2 N–H and O–H groups in total. The van der Waals surface area contributed by atoms with Crippen LogP contribution in [-0.2, 0) is 0 Å². The van der Waals surface area contributed by atoms with Gasteiger partial charge in [-0.2, -0.15) is 5.26 Å². The minimum absolute atomic E-state index is 0.564. The minimum atomic E-state index is 0.564. The highest BCUT2D eigenvalue weighted by molar-refractivity contribution is 5.59. The van der Waals surface area contributed by atoms with Gasteiger partial charge in [0.1, 0.15) is 23.2 Å². The summed E-state index contributed by atoms with van der Waals surface area (Å²) in [5.74, 6) is 1.30. The number of rotatable bonds is 2. The summed E-state index contributed by atoms with van der Waals surface area (Å²) < 4.78 is 1.81. The summed E-state index contributed by atoms with van der Waals surface area (Å²) in [6.45, 7) is 2.50. The number of anilines is 1. The third-order valence-corrected chi connectivity index (χ3v) is 3.98. The molecule has 0 atom stereocenters. The number of fused-ring (bicyclic) bond motifs is 1. The predicted octanol–water partition coefficient (Wildman–Crippen LogP) is 2.46. The van der Waals surface area contributed by atoms with Crippen LogP contribution in [0.2, 0.25) is 0 Å². The van der Waals surface area contributed by atoms with Gasteiger partial charge in [-0.3, -0.25) is 4.40 Å². The van der Waals surface area contributed by atoms with Crippen molar-refractivity contribution in [1.29, 1.82) is 5.26 Å². The molecule has 7 heteroatoms. The molecule has 7 nitrogen and oxygen atoms in total. The average molecular weight is 335 g/mol. The molecule has 3 aromatic rings. The lowest BCUT2D eigenvalue weighted by molar-refractivity contribution is 0.520. The highest BCUT2D eigenvalue weighted by Crippen LogP contribution is 2.18. The van der Waals surface area contributed by atoms with E-state index in [2.05, 4.69) is 31.7 Å².